The van der Waals surface area contributed by atoms with Crippen molar-refractivity contribution in [2.75, 3.05) is 9.80 Å². The first-order valence-corrected chi connectivity index (χ1v) is 9.29. The van der Waals surface area contributed by atoms with Crippen LogP contribution < -0.4 is 9.80 Å². The summed E-state index contributed by atoms with van der Waals surface area (Å²) in [5.41, 5.74) is 4.69. The summed E-state index contributed by atoms with van der Waals surface area (Å²) >= 11 is 0. The van der Waals surface area contributed by atoms with Gasteiger partial charge in [0.25, 0.3) is 0 Å². The zero-order valence-electron chi connectivity index (χ0n) is 15.2. The number of hydrogen-bond donors (Lipinski definition) is 0. The summed E-state index contributed by atoms with van der Waals surface area (Å²) in [4.78, 5) is 18.0. The molecule has 3 aromatic rings. The number of pyridine rings is 1. The van der Waals surface area contributed by atoms with Crippen LogP contribution in [0.3, 0.4) is 0 Å². The first-order chi connectivity index (χ1) is 13.3. The van der Waals surface area contributed by atoms with Crippen molar-refractivity contribution in [3.63, 3.8) is 0 Å². The van der Waals surface area contributed by atoms with Crippen LogP contribution >= 0.6 is 0 Å². The van der Waals surface area contributed by atoms with Crippen molar-refractivity contribution in [2.45, 2.75) is 25.4 Å². The van der Waals surface area contributed by atoms with Crippen LogP contribution in [0, 0.1) is 5.92 Å². The molecule has 134 valence electrons. The molecular formula is C22H21N5. The molecule has 0 N–H and O–H groups in total. The van der Waals surface area contributed by atoms with Crippen LogP contribution in [0.15, 0.2) is 74.0 Å². The number of hydrogen-bond acceptors (Lipinski definition) is 5. The Morgan fingerprint density at radius 3 is 2.74 bits per heavy atom. The Labute approximate surface area is 159 Å². The number of benzene rings is 1. The van der Waals surface area contributed by atoms with E-state index >= 15 is 0 Å². The zero-order valence-corrected chi connectivity index (χ0v) is 15.2. The lowest BCUT2D eigenvalue weighted by atomic mass is 9.78. The van der Waals surface area contributed by atoms with Crippen molar-refractivity contribution in [1.82, 2.24) is 15.0 Å². The maximum Gasteiger partial charge on any atom is 0.162 e. The molecule has 5 heteroatoms. The van der Waals surface area contributed by atoms with Gasteiger partial charge in [-0.3, -0.25) is 4.98 Å². The van der Waals surface area contributed by atoms with Gasteiger partial charge >= 0.3 is 0 Å². The number of aromatic nitrogens is 3. The molecule has 0 saturated heterocycles. The van der Waals surface area contributed by atoms with Gasteiger partial charge in [0.1, 0.15) is 18.2 Å². The van der Waals surface area contributed by atoms with Crippen molar-refractivity contribution in [2.24, 2.45) is 5.92 Å². The van der Waals surface area contributed by atoms with Gasteiger partial charge in [0, 0.05) is 17.8 Å². The molecule has 27 heavy (non-hydrogen) atoms. The van der Waals surface area contributed by atoms with E-state index in [0.717, 1.165) is 23.6 Å². The Balaban J connectivity index is 1.76. The van der Waals surface area contributed by atoms with E-state index in [0.29, 0.717) is 11.8 Å². The van der Waals surface area contributed by atoms with E-state index in [1.807, 2.05) is 24.5 Å². The van der Waals surface area contributed by atoms with Crippen molar-refractivity contribution in [3.8, 4) is 0 Å². The summed E-state index contributed by atoms with van der Waals surface area (Å²) in [7, 11) is 0. The molecule has 0 aliphatic carbocycles. The minimum atomic E-state index is 0.126. The second-order valence-corrected chi connectivity index (χ2v) is 7.15. The van der Waals surface area contributed by atoms with Gasteiger partial charge in [0.2, 0.25) is 0 Å². The summed E-state index contributed by atoms with van der Waals surface area (Å²) < 4.78 is 0. The molecule has 0 radical (unpaired) electrons. The SMILES string of the molecule is C=CCC1c2ccccc2N2c3cncnc3N(c3cccnc3)C2C1C. The van der Waals surface area contributed by atoms with E-state index in [-0.39, 0.29) is 6.17 Å². The Morgan fingerprint density at radius 2 is 1.93 bits per heavy atom. The number of allylic oxidation sites excluding steroid dienone is 1. The number of para-hydroxylation sites is 1. The third-order valence-electron chi connectivity index (χ3n) is 5.73. The predicted octanol–water partition coefficient (Wildman–Crippen LogP) is 4.80. The van der Waals surface area contributed by atoms with Crippen LogP contribution in [0.1, 0.15) is 24.8 Å². The predicted molar refractivity (Wildman–Crippen MR) is 107 cm³/mol. The maximum absolute atomic E-state index is 4.64. The third kappa shape index (κ3) is 2.28. The standard InChI is InChI=1S/C22H21N5/c1-3-7-17-15(2)22-26(16-8-6-11-23-12-16)21-20(13-24-14-25-21)27(22)19-10-5-4-9-18(17)19/h3-6,8-15,17,22H,1,7H2,2H3. The van der Waals surface area contributed by atoms with Crippen molar-refractivity contribution >= 4 is 22.9 Å². The molecule has 3 unspecified atom stereocenters. The monoisotopic (exact) mass is 355 g/mol. The lowest BCUT2D eigenvalue weighted by molar-refractivity contribution is 0.369. The number of rotatable bonds is 3. The van der Waals surface area contributed by atoms with E-state index in [2.05, 4.69) is 68.6 Å². The van der Waals surface area contributed by atoms with E-state index < -0.39 is 0 Å². The van der Waals surface area contributed by atoms with Crippen LogP contribution in [0.4, 0.5) is 22.9 Å². The van der Waals surface area contributed by atoms with Crippen LogP contribution in [0.5, 0.6) is 0 Å². The van der Waals surface area contributed by atoms with Gasteiger partial charge in [-0.2, -0.15) is 0 Å². The molecule has 0 bridgehead atoms. The third-order valence-corrected chi connectivity index (χ3v) is 5.73. The van der Waals surface area contributed by atoms with Crippen molar-refractivity contribution < 1.29 is 0 Å². The van der Waals surface area contributed by atoms with Gasteiger partial charge in [-0.05, 0) is 36.1 Å². The summed E-state index contributed by atoms with van der Waals surface area (Å²) in [6.07, 6.45) is 10.4. The first-order valence-electron chi connectivity index (χ1n) is 9.29. The first kappa shape index (κ1) is 16.0. The van der Waals surface area contributed by atoms with E-state index in [9.17, 15) is 0 Å². The molecule has 1 aromatic carbocycles. The van der Waals surface area contributed by atoms with Gasteiger partial charge < -0.3 is 9.80 Å². The molecule has 0 amide bonds. The second kappa shape index (κ2) is 6.20. The fourth-order valence-corrected chi connectivity index (χ4v) is 4.60. The van der Waals surface area contributed by atoms with Gasteiger partial charge in [-0.25, -0.2) is 9.97 Å². The average molecular weight is 355 g/mol. The molecule has 5 nitrogen and oxygen atoms in total. The highest BCUT2D eigenvalue weighted by molar-refractivity contribution is 5.87. The van der Waals surface area contributed by atoms with Crippen LogP contribution in [-0.2, 0) is 0 Å². The maximum atomic E-state index is 4.64. The molecule has 2 aliphatic rings. The van der Waals surface area contributed by atoms with Gasteiger partial charge in [0.15, 0.2) is 5.82 Å². The van der Waals surface area contributed by atoms with E-state index in [1.54, 1.807) is 12.5 Å². The number of fused-ring (bicyclic) bond motifs is 5. The highest BCUT2D eigenvalue weighted by atomic mass is 15.5. The topological polar surface area (TPSA) is 45.2 Å². The molecule has 0 saturated carbocycles. The number of nitrogens with zero attached hydrogens (tertiary/aromatic N) is 5. The smallest absolute Gasteiger partial charge is 0.162 e. The molecule has 4 heterocycles. The fourth-order valence-electron chi connectivity index (χ4n) is 4.60. The summed E-state index contributed by atoms with van der Waals surface area (Å²) in [5.74, 6) is 1.71. The Hall–Kier alpha value is -3.21. The molecular weight excluding hydrogens is 334 g/mol. The van der Waals surface area contributed by atoms with Crippen molar-refractivity contribution in [3.05, 3.63) is 79.5 Å². The Morgan fingerprint density at radius 1 is 1.04 bits per heavy atom. The lowest BCUT2D eigenvalue weighted by Crippen LogP contribution is -2.48. The largest absolute Gasteiger partial charge is 0.315 e. The Kier molecular flexibility index (Phi) is 3.67. The zero-order chi connectivity index (χ0) is 18.4. The molecule has 2 aromatic heterocycles. The quantitative estimate of drug-likeness (QED) is 0.632. The minimum absolute atomic E-state index is 0.126. The highest BCUT2D eigenvalue weighted by Gasteiger charge is 2.48. The van der Waals surface area contributed by atoms with Gasteiger partial charge in [0.05, 0.1) is 18.1 Å². The molecule has 0 fully saturated rings. The highest BCUT2D eigenvalue weighted by Crippen LogP contribution is 2.55. The van der Waals surface area contributed by atoms with Crippen molar-refractivity contribution in [1.29, 1.82) is 0 Å². The molecule has 3 atom stereocenters. The number of anilines is 4. The second-order valence-electron chi connectivity index (χ2n) is 7.15. The summed E-state index contributed by atoms with van der Waals surface area (Å²) in [6.45, 7) is 6.33. The summed E-state index contributed by atoms with van der Waals surface area (Å²) in [6, 6.07) is 12.7. The molecule has 0 spiro atoms. The van der Waals surface area contributed by atoms with Gasteiger partial charge in [-0.15, -0.1) is 6.58 Å². The summed E-state index contributed by atoms with van der Waals surface area (Å²) in [5, 5.41) is 0. The van der Waals surface area contributed by atoms with Crippen LogP contribution in [0.2, 0.25) is 0 Å². The fraction of sp³-hybridized carbons (Fsp3) is 0.227. The van der Waals surface area contributed by atoms with Crippen LogP contribution in [-0.4, -0.2) is 21.1 Å². The average Bonchev–Trinajstić information content (AvgIpc) is 3.07. The minimum Gasteiger partial charge on any atom is -0.315 e. The van der Waals surface area contributed by atoms with E-state index in [1.165, 1.54) is 11.3 Å². The molecule has 5 rings (SSSR count). The normalized spacial score (nSPS) is 22.8. The van der Waals surface area contributed by atoms with Crippen LogP contribution in [0.25, 0.3) is 0 Å². The lowest BCUT2D eigenvalue weighted by Gasteiger charge is -2.45. The van der Waals surface area contributed by atoms with E-state index in [4.69, 9.17) is 0 Å². The van der Waals surface area contributed by atoms with Gasteiger partial charge in [-0.1, -0.05) is 31.2 Å². The Bertz CT molecular complexity index is 987. The molecule has 2 aliphatic heterocycles.